The summed E-state index contributed by atoms with van der Waals surface area (Å²) in [6.07, 6.45) is 0.707. The normalized spacial score (nSPS) is 10.1. The van der Waals surface area contributed by atoms with Crippen LogP contribution in [0.5, 0.6) is 17.2 Å². The maximum atomic E-state index is 10.7. The fourth-order valence-corrected chi connectivity index (χ4v) is 1.87. The molecule has 0 atom stereocenters. The van der Waals surface area contributed by atoms with Gasteiger partial charge in [0.05, 0.1) is 12.1 Å². The Morgan fingerprint density at radius 1 is 1.11 bits per heavy atom. The molecular formula is C15H13ClO3. The molecule has 0 saturated heterocycles. The SMILES string of the molecule is COc1cc(C)ccc1Oc1ccc(C=O)c(Cl)c1. The Kier molecular flexibility index (Phi) is 4.07. The van der Waals surface area contributed by atoms with Gasteiger partial charge in [-0.15, -0.1) is 0 Å². The lowest BCUT2D eigenvalue weighted by molar-refractivity contribution is 0.112. The highest BCUT2D eigenvalue weighted by molar-refractivity contribution is 6.33. The van der Waals surface area contributed by atoms with Crippen molar-refractivity contribution in [2.75, 3.05) is 7.11 Å². The van der Waals surface area contributed by atoms with Crippen molar-refractivity contribution in [1.29, 1.82) is 0 Å². The Morgan fingerprint density at radius 3 is 2.53 bits per heavy atom. The zero-order valence-corrected chi connectivity index (χ0v) is 11.4. The van der Waals surface area contributed by atoms with Crippen LogP contribution in [0, 0.1) is 6.92 Å². The molecule has 0 amide bonds. The molecule has 3 nitrogen and oxygen atoms in total. The number of aryl methyl sites for hydroxylation is 1. The number of halogens is 1. The third-order valence-electron chi connectivity index (χ3n) is 2.65. The van der Waals surface area contributed by atoms with Gasteiger partial charge in [-0.05, 0) is 36.8 Å². The molecule has 2 aromatic rings. The Hall–Kier alpha value is -2.00. The summed E-state index contributed by atoms with van der Waals surface area (Å²) >= 11 is 5.95. The number of benzene rings is 2. The van der Waals surface area contributed by atoms with Gasteiger partial charge >= 0.3 is 0 Å². The van der Waals surface area contributed by atoms with Crippen LogP contribution in [-0.2, 0) is 0 Å². The number of carbonyl (C=O) groups is 1. The number of carbonyl (C=O) groups excluding carboxylic acids is 1. The van der Waals surface area contributed by atoms with Gasteiger partial charge in [-0.2, -0.15) is 0 Å². The highest BCUT2D eigenvalue weighted by atomic mass is 35.5. The maximum absolute atomic E-state index is 10.7. The molecule has 2 aromatic carbocycles. The van der Waals surface area contributed by atoms with Gasteiger partial charge in [0.25, 0.3) is 0 Å². The summed E-state index contributed by atoms with van der Waals surface area (Å²) in [6.45, 7) is 1.97. The average Bonchev–Trinajstić information content (AvgIpc) is 2.41. The molecule has 2 rings (SSSR count). The van der Waals surface area contributed by atoms with Gasteiger partial charge in [0.1, 0.15) is 5.75 Å². The molecule has 0 aromatic heterocycles. The number of methoxy groups -OCH3 is 1. The summed E-state index contributed by atoms with van der Waals surface area (Å²) in [5, 5.41) is 0.360. The monoisotopic (exact) mass is 276 g/mol. The van der Waals surface area contributed by atoms with Gasteiger partial charge in [0.2, 0.25) is 0 Å². The third-order valence-corrected chi connectivity index (χ3v) is 2.97. The van der Waals surface area contributed by atoms with E-state index in [4.69, 9.17) is 21.1 Å². The van der Waals surface area contributed by atoms with E-state index in [-0.39, 0.29) is 0 Å². The summed E-state index contributed by atoms with van der Waals surface area (Å²) in [4.78, 5) is 10.7. The minimum absolute atomic E-state index is 0.360. The van der Waals surface area contributed by atoms with E-state index >= 15 is 0 Å². The van der Waals surface area contributed by atoms with E-state index in [2.05, 4.69) is 0 Å². The van der Waals surface area contributed by atoms with Crippen molar-refractivity contribution in [3.8, 4) is 17.2 Å². The molecule has 98 valence electrons. The number of ether oxygens (including phenoxy) is 2. The molecule has 0 aliphatic heterocycles. The summed E-state index contributed by atoms with van der Waals surface area (Å²) in [5.41, 5.74) is 1.52. The lowest BCUT2D eigenvalue weighted by Gasteiger charge is -2.11. The van der Waals surface area contributed by atoms with E-state index < -0.39 is 0 Å². The van der Waals surface area contributed by atoms with Crippen LogP contribution in [-0.4, -0.2) is 13.4 Å². The lowest BCUT2D eigenvalue weighted by Crippen LogP contribution is -1.92. The highest BCUT2D eigenvalue weighted by Crippen LogP contribution is 2.33. The second-order valence-corrected chi connectivity index (χ2v) is 4.46. The standard InChI is InChI=1S/C15H13ClO3/c1-10-3-6-14(15(7-10)18-2)19-12-5-4-11(9-17)13(16)8-12/h3-9H,1-2H3. The first-order valence-corrected chi connectivity index (χ1v) is 6.09. The van der Waals surface area contributed by atoms with Crippen molar-refractivity contribution in [3.63, 3.8) is 0 Å². The minimum atomic E-state index is 0.360. The average molecular weight is 277 g/mol. The van der Waals surface area contributed by atoms with E-state index in [1.54, 1.807) is 25.3 Å². The largest absolute Gasteiger partial charge is 0.493 e. The molecule has 0 N–H and O–H groups in total. The van der Waals surface area contributed by atoms with Crippen LogP contribution in [0.1, 0.15) is 15.9 Å². The molecule has 0 heterocycles. The Bertz CT molecular complexity index is 608. The number of hydrogen-bond donors (Lipinski definition) is 0. The Morgan fingerprint density at radius 2 is 1.89 bits per heavy atom. The molecule has 0 bridgehead atoms. The third kappa shape index (κ3) is 3.06. The van der Waals surface area contributed by atoms with Gasteiger partial charge in [-0.25, -0.2) is 0 Å². The van der Waals surface area contributed by atoms with Gasteiger partial charge in [-0.1, -0.05) is 17.7 Å². The predicted molar refractivity (Wildman–Crippen MR) is 74.6 cm³/mol. The van der Waals surface area contributed by atoms with E-state index in [0.29, 0.717) is 34.1 Å². The minimum Gasteiger partial charge on any atom is -0.493 e. The molecule has 0 fully saturated rings. The number of rotatable bonds is 4. The predicted octanol–water partition coefficient (Wildman–Crippen LogP) is 4.26. The maximum Gasteiger partial charge on any atom is 0.169 e. The topological polar surface area (TPSA) is 35.5 Å². The van der Waals surface area contributed by atoms with E-state index in [1.807, 2.05) is 25.1 Å². The van der Waals surface area contributed by atoms with E-state index in [1.165, 1.54) is 0 Å². The van der Waals surface area contributed by atoms with Crippen LogP contribution in [0.2, 0.25) is 5.02 Å². The molecular weight excluding hydrogens is 264 g/mol. The van der Waals surface area contributed by atoms with Crippen molar-refractivity contribution in [1.82, 2.24) is 0 Å². The number of aldehydes is 1. The first-order valence-electron chi connectivity index (χ1n) is 5.71. The lowest BCUT2D eigenvalue weighted by atomic mass is 10.2. The summed E-state index contributed by atoms with van der Waals surface area (Å²) in [6, 6.07) is 10.6. The van der Waals surface area contributed by atoms with Crippen molar-refractivity contribution >= 4 is 17.9 Å². The van der Waals surface area contributed by atoms with E-state index in [9.17, 15) is 4.79 Å². The second kappa shape index (κ2) is 5.76. The first kappa shape index (κ1) is 13.4. The van der Waals surface area contributed by atoms with Crippen LogP contribution in [0.15, 0.2) is 36.4 Å². The van der Waals surface area contributed by atoms with Crippen LogP contribution in [0.4, 0.5) is 0 Å². The molecule has 0 aliphatic carbocycles. The molecule has 19 heavy (non-hydrogen) atoms. The van der Waals surface area contributed by atoms with Gasteiger partial charge in [0.15, 0.2) is 17.8 Å². The smallest absolute Gasteiger partial charge is 0.169 e. The highest BCUT2D eigenvalue weighted by Gasteiger charge is 2.07. The summed E-state index contributed by atoms with van der Waals surface area (Å²) in [5.74, 6) is 1.80. The Balaban J connectivity index is 2.30. The zero-order chi connectivity index (χ0) is 13.8. The second-order valence-electron chi connectivity index (χ2n) is 4.06. The van der Waals surface area contributed by atoms with Crippen LogP contribution in [0.3, 0.4) is 0 Å². The fraction of sp³-hybridized carbons (Fsp3) is 0.133. The number of hydrogen-bond acceptors (Lipinski definition) is 3. The molecule has 0 saturated carbocycles. The molecule has 0 spiro atoms. The quantitative estimate of drug-likeness (QED) is 0.783. The van der Waals surface area contributed by atoms with Gasteiger partial charge in [-0.3, -0.25) is 4.79 Å². The van der Waals surface area contributed by atoms with E-state index in [0.717, 1.165) is 5.56 Å². The van der Waals surface area contributed by atoms with Crippen molar-refractivity contribution < 1.29 is 14.3 Å². The van der Waals surface area contributed by atoms with Crippen LogP contribution in [0.25, 0.3) is 0 Å². The summed E-state index contributed by atoms with van der Waals surface area (Å²) < 4.78 is 11.0. The zero-order valence-electron chi connectivity index (χ0n) is 10.6. The van der Waals surface area contributed by atoms with Crippen LogP contribution >= 0.6 is 11.6 Å². The summed E-state index contributed by atoms with van der Waals surface area (Å²) in [7, 11) is 1.59. The molecule has 0 unspecified atom stereocenters. The molecule has 0 aliphatic rings. The van der Waals surface area contributed by atoms with Crippen molar-refractivity contribution in [2.45, 2.75) is 6.92 Å². The first-order chi connectivity index (χ1) is 9.13. The molecule has 4 heteroatoms. The fourth-order valence-electron chi connectivity index (χ4n) is 1.65. The van der Waals surface area contributed by atoms with Gasteiger partial charge in [0, 0.05) is 11.6 Å². The van der Waals surface area contributed by atoms with Gasteiger partial charge < -0.3 is 9.47 Å². The van der Waals surface area contributed by atoms with Crippen LogP contribution < -0.4 is 9.47 Å². The van der Waals surface area contributed by atoms with Crippen molar-refractivity contribution in [2.24, 2.45) is 0 Å². The Labute approximate surface area is 116 Å². The van der Waals surface area contributed by atoms with Crippen molar-refractivity contribution in [3.05, 3.63) is 52.5 Å². The molecule has 0 radical (unpaired) electrons.